The Hall–Kier alpha value is -2.00. The standard InChI is InChI=1S/C34H48N2.Pd/c1-5-9-13-14-21-33(32(27-36-35)19-12-8-4)34(30-24-22-28(23-25-30)16-10-6-2)31-20-15-18-29(26-31)17-11-7-3;/h15,18,20,22-26H,5-14,16-17,19,21H2,1-4H3;. The number of aryl methyl sites for hydroxylation is 2. The SMILES string of the molecule is CCCCCCC(C(=C=[N+]=[N-])CCCC)=C(c1ccc(CCCC)cc1)c1cccc(CCCC)c1.[Pd]. The van der Waals surface area contributed by atoms with E-state index in [1.54, 1.807) is 0 Å². The van der Waals surface area contributed by atoms with Crippen molar-refractivity contribution in [2.24, 2.45) is 0 Å². The summed E-state index contributed by atoms with van der Waals surface area (Å²) in [6, 6.07) is 18.3. The Morgan fingerprint density at radius 1 is 0.676 bits per heavy atom. The molecule has 0 heterocycles. The van der Waals surface area contributed by atoms with Gasteiger partial charge in [-0.15, -0.1) is 4.79 Å². The first kappa shape index (κ1) is 33.0. The Bertz CT molecular complexity index is 1020. The van der Waals surface area contributed by atoms with Crippen LogP contribution in [0.15, 0.2) is 59.7 Å². The van der Waals surface area contributed by atoms with Crippen molar-refractivity contribution < 1.29 is 25.2 Å². The monoisotopic (exact) mass is 590 g/mol. The minimum absolute atomic E-state index is 0. The zero-order chi connectivity index (χ0) is 26.0. The van der Waals surface area contributed by atoms with E-state index >= 15 is 0 Å². The Morgan fingerprint density at radius 3 is 1.95 bits per heavy atom. The summed E-state index contributed by atoms with van der Waals surface area (Å²) in [6.07, 6.45) is 16.0. The third-order valence-electron chi connectivity index (χ3n) is 7.01. The molecule has 0 aliphatic heterocycles. The smallest absolute Gasteiger partial charge is 0.303 e. The van der Waals surface area contributed by atoms with Crippen LogP contribution in [0.5, 0.6) is 0 Å². The van der Waals surface area contributed by atoms with Crippen LogP contribution in [0.4, 0.5) is 0 Å². The Kier molecular flexibility index (Phi) is 17.9. The number of allylic oxidation sites excluding steroid dienone is 2. The molecule has 3 heteroatoms. The molecule has 0 unspecified atom stereocenters. The summed E-state index contributed by atoms with van der Waals surface area (Å²) in [5.74, 6) is 3.01. The van der Waals surface area contributed by atoms with E-state index in [0.717, 1.165) is 50.5 Å². The van der Waals surface area contributed by atoms with Gasteiger partial charge in [0.1, 0.15) is 0 Å². The summed E-state index contributed by atoms with van der Waals surface area (Å²) >= 11 is 0. The quantitative estimate of drug-likeness (QED) is 0.0439. The second kappa shape index (κ2) is 20.0. The number of rotatable bonds is 17. The zero-order valence-corrected chi connectivity index (χ0v) is 25.3. The van der Waals surface area contributed by atoms with E-state index in [2.05, 4.69) is 86.9 Å². The van der Waals surface area contributed by atoms with Gasteiger partial charge in [0.2, 0.25) is 0 Å². The van der Waals surface area contributed by atoms with Gasteiger partial charge >= 0.3 is 5.87 Å². The van der Waals surface area contributed by atoms with Crippen LogP contribution in [0.2, 0.25) is 0 Å². The average Bonchev–Trinajstić information content (AvgIpc) is 2.91. The van der Waals surface area contributed by atoms with E-state index in [4.69, 9.17) is 0 Å². The maximum atomic E-state index is 9.55. The van der Waals surface area contributed by atoms with Crippen molar-refractivity contribution in [3.63, 3.8) is 0 Å². The fraction of sp³-hybridized carbons (Fsp3) is 0.529. The molecule has 0 aliphatic carbocycles. The van der Waals surface area contributed by atoms with Gasteiger partial charge in [0, 0.05) is 20.4 Å². The third-order valence-corrected chi connectivity index (χ3v) is 7.01. The molecule has 0 amide bonds. The van der Waals surface area contributed by atoms with E-state index < -0.39 is 0 Å². The maximum Gasteiger partial charge on any atom is 0.303 e. The van der Waals surface area contributed by atoms with Crippen LogP contribution >= 0.6 is 0 Å². The van der Waals surface area contributed by atoms with Gasteiger partial charge in [-0.05, 0) is 84.8 Å². The first-order valence-electron chi connectivity index (χ1n) is 14.6. The van der Waals surface area contributed by atoms with Gasteiger partial charge in [-0.25, -0.2) is 0 Å². The largest absolute Gasteiger partial charge is 0.348 e. The van der Waals surface area contributed by atoms with Crippen LogP contribution in [-0.2, 0) is 33.3 Å². The molecular formula is C34H48N2Pd. The number of benzene rings is 2. The van der Waals surface area contributed by atoms with E-state index in [9.17, 15) is 5.53 Å². The maximum absolute atomic E-state index is 9.55. The van der Waals surface area contributed by atoms with Gasteiger partial charge in [-0.2, -0.15) is 0 Å². The van der Waals surface area contributed by atoms with E-state index in [1.165, 1.54) is 78.3 Å². The van der Waals surface area contributed by atoms with Crippen molar-refractivity contribution in [1.82, 2.24) is 0 Å². The van der Waals surface area contributed by atoms with Crippen molar-refractivity contribution >= 4 is 11.4 Å². The minimum Gasteiger partial charge on any atom is -0.348 e. The number of hydrogen-bond acceptors (Lipinski definition) is 0. The van der Waals surface area contributed by atoms with Crippen molar-refractivity contribution in [3.05, 3.63) is 87.5 Å². The molecule has 0 radical (unpaired) electrons. The Morgan fingerprint density at radius 2 is 1.32 bits per heavy atom. The molecule has 0 aliphatic rings. The van der Waals surface area contributed by atoms with Crippen LogP contribution in [0.25, 0.3) is 11.1 Å². The molecule has 2 nitrogen and oxygen atoms in total. The van der Waals surface area contributed by atoms with Gasteiger partial charge in [0.05, 0.1) is 5.57 Å². The van der Waals surface area contributed by atoms with Crippen LogP contribution in [0.1, 0.15) is 127 Å². The van der Waals surface area contributed by atoms with Crippen molar-refractivity contribution in [1.29, 1.82) is 0 Å². The average molecular weight is 591 g/mol. The third kappa shape index (κ3) is 11.5. The van der Waals surface area contributed by atoms with Gasteiger partial charge < -0.3 is 5.53 Å². The van der Waals surface area contributed by atoms with Crippen molar-refractivity contribution in [2.75, 3.05) is 0 Å². The molecule has 37 heavy (non-hydrogen) atoms. The predicted octanol–water partition coefficient (Wildman–Crippen LogP) is 10.2. The molecule has 0 saturated carbocycles. The van der Waals surface area contributed by atoms with Gasteiger partial charge in [-0.3, -0.25) is 0 Å². The first-order valence-corrected chi connectivity index (χ1v) is 14.6. The molecule has 0 atom stereocenters. The zero-order valence-electron chi connectivity index (χ0n) is 23.7. The summed E-state index contributed by atoms with van der Waals surface area (Å²) in [6.45, 7) is 8.97. The van der Waals surface area contributed by atoms with Crippen LogP contribution in [0, 0.1) is 0 Å². The van der Waals surface area contributed by atoms with Gasteiger partial charge in [0.25, 0.3) is 0 Å². The number of unbranched alkanes of at least 4 members (excludes halogenated alkanes) is 6. The summed E-state index contributed by atoms with van der Waals surface area (Å²) in [5, 5.41) is 0. The molecule has 0 spiro atoms. The molecule has 0 saturated heterocycles. The number of hydrogen-bond donors (Lipinski definition) is 0. The summed E-state index contributed by atoms with van der Waals surface area (Å²) in [5.41, 5.74) is 18.5. The minimum atomic E-state index is 0. The van der Waals surface area contributed by atoms with Crippen LogP contribution < -0.4 is 0 Å². The second-order valence-electron chi connectivity index (χ2n) is 10.1. The molecule has 2 rings (SSSR count). The van der Waals surface area contributed by atoms with Gasteiger partial charge in [0.15, 0.2) is 0 Å². The summed E-state index contributed by atoms with van der Waals surface area (Å²) in [7, 11) is 0. The molecule has 2 aromatic rings. The first-order chi connectivity index (χ1) is 17.7. The topological polar surface area (TPSA) is 36.4 Å². The summed E-state index contributed by atoms with van der Waals surface area (Å²) < 4.78 is 0. The molecule has 0 N–H and O–H groups in total. The fourth-order valence-electron chi connectivity index (χ4n) is 4.84. The van der Waals surface area contributed by atoms with E-state index in [-0.39, 0.29) is 20.4 Å². The molecule has 204 valence electrons. The Balaban J connectivity index is 0.00000684. The molecular weight excluding hydrogens is 543 g/mol. The predicted molar refractivity (Wildman–Crippen MR) is 157 cm³/mol. The molecule has 2 aromatic carbocycles. The molecule has 0 fully saturated rings. The number of nitrogens with zero attached hydrogens (tertiary/aromatic N) is 2. The van der Waals surface area contributed by atoms with Crippen LogP contribution in [0.3, 0.4) is 0 Å². The normalized spacial score (nSPS) is 11.2. The van der Waals surface area contributed by atoms with Gasteiger partial charge in [-0.1, -0.05) is 115 Å². The van der Waals surface area contributed by atoms with Crippen molar-refractivity contribution in [3.8, 4) is 0 Å². The molecule has 0 aromatic heterocycles. The molecule has 0 bridgehead atoms. The van der Waals surface area contributed by atoms with E-state index in [1.807, 2.05) is 0 Å². The summed E-state index contributed by atoms with van der Waals surface area (Å²) in [4.78, 5) is 3.41. The fourth-order valence-corrected chi connectivity index (χ4v) is 4.84. The van der Waals surface area contributed by atoms with Crippen molar-refractivity contribution in [2.45, 2.75) is 118 Å². The van der Waals surface area contributed by atoms with E-state index in [0.29, 0.717) is 0 Å². The van der Waals surface area contributed by atoms with Crippen LogP contribution in [-0.4, -0.2) is 10.7 Å². The second-order valence-corrected chi connectivity index (χ2v) is 10.1. The Labute approximate surface area is 240 Å².